The first kappa shape index (κ1) is 15.4. The maximum Gasteiger partial charge on any atom is 0.161 e. The first-order valence-corrected chi connectivity index (χ1v) is 7.00. The summed E-state index contributed by atoms with van der Waals surface area (Å²) in [7, 11) is 4.10. The Kier molecular flexibility index (Phi) is 5.20. The summed E-state index contributed by atoms with van der Waals surface area (Å²) in [5, 5.41) is 22.6. The molecule has 2 rings (SSSR count). The van der Waals surface area contributed by atoms with Crippen molar-refractivity contribution in [1.29, 1.82) is 0 Å². The second-order valence-electron chi connectivity index (χ2n) is 5.39. The van der Waals surface area contributed by atoms with Gasteiger partial charge in [0.1, 0.15) is 0 Å². The van der Waals surface area contributed by atoms with E-state index in [2.05, 4.69) is 36.4 Å². The van der Waals surface area contributed by atoms with Crippen molar-refractivity contribution in [2.24, 2.45) is 0 Å². The zero-order valence-electron chi connectivity index (χ0n) is 12.5. The molecule has 4 nitrogen and oxygen atoms in total. The van der Waals surface area contributed by atoms with Crippen LogP contribution in [0.2, 0.25) is 0 Å². The smallest absolute Gasteiger partial charge is 0.161 e. The fourth-order valence-corrected chi connectivity index (χ4v) is 2.28. The average Bonchev–Trinajstić information content (AvgIpc) is 2.45. The lowest BCUT2D eigenvalue weighted by Crippen LogP contribution is -2.17. The highest BCUT2D eigenvalue weighted by atomic mass is 16.3. The van der Waals surface area contributed by atoms with Crippen LogP contribution in [0, 0.1) is 0 Å². The minimum absolute atomic E-state index is 0.0495. The normalized spacial score (nSPS) is 11.0. The molecule has 0 saturated heterocycles. The van der Waals surface area contributed by atoms with E-state index in [0.29, 0.717) is 12.1 Å². The fraction of sp³-hybridized carbons (Fsp3) is 0.294. The van der Waals surface area contributed by atoms with E-state index in [4.69, 9.17) is 0 Å². The van der Waals surface area contributed by atoms with Gasteiger partial charge >= 0.3 is 0 Å². The quantitative estimate of drug-likeness (QED) is 0.714. The molecule has 112 valence electrons. The van der Waals surface area contributed by atoms with Gasteiger partial charge in [-0.1, -0.05) is 36.4 Å². The van der Waals surface area contributed by atoms with Crippen molar-refractivity contribution in [2.75, 3.05) is 14.1 Å². The SMILES string of the molecule is CN(C)Cc1ccccc1CNCc1cccc(O)c1O. The zero-order chi connectivity index (χ0) is 15.2. The summed E-state index contributed by atoms with van der Waals surface area (Å²) in [6.45, 7) is 2.13. The standard InChI is InChI=1S/C17H22N2O2/c1-19(2)12-15-7-4-3-6-13(15)10-18-11-14-8-5-9-16(20)17(14)21/h3-9,18,20-21H,10-12H2,1-2H3. The predicted molar refractivity (Wildman–Crippen MR) is 84.1 cm³/mol. The molecule has 0 atom stereocenters. The summed E-state index contributed by atoms with van der Waals surface area (Å²) in [5.41, 5.74) is 3.22. The van der Waals surface area contributed by atoms with Crippen LogP contribution in [0.3, 0.4) is 0 Å². The van der Waals surface area contributed by atoms with Crippen molar-refractivity contribution in [3.63, 3.8) is 0 Å². The molecule has 0 aliphatic carbocycles. The molecule has 0 spiro atoms. The van der Waals surface area contributed by atoms with E-state index in [1.807, 2.05) is 12.1 Å². The van der Waals surface area contributed by atoms with Crippen LogP contribution in [0.4, 0.5) is 0 Å². The van der Waals surface area contributed by atoms with Gasteiger partial charge in [-0.05, 0) is 31.3 Å². The molecule has 3 N–H and O–H groups in total. The topological polar surface area (TPSA) is 55.7 Å². The third-order valence-corrected chi connectivity index (χ3v) is 3.33. The van der Waals surface area contributed by atoms with Gasteiger partial charge in [0, 0.05) is 25.2 Å². The number of rotatable bonds is 6. The van der Waals surface area contributed by atoms with E-state index < -0.39 is 0 Å². The van der Waals surface area contributed by atoms with Crippen molar-refractivity contribution in [3.8, 4) is 11.5 Å². The van der Waals surface area contributed by atoms with Crippen molar-refractivity contribution in [1.82, 2.24) is 10.2 Å². The first-order chi connectivity index (χ1) is 10.1. The number of para-hydroxylation sites is 1. The molecule has 4 heteroatoms. The Hall–Kier alpha value is -2.04. The van der Waals surface area contributed by atoms with Crippen LogP contribution in [-0.4, -0.2) is 29.2 Å². The molecular formula is C17H22N2O2. The molecule has 0 heterocycles. The van der Waals surface area contributed by atoms with Gasteiger partial charge in [0.25, 0.3) is 0 Å². The van der Waals surface area contributed by atoms with Gasteiger partial charge in [0.05, 0.1) is 0 Å². The molecule has 0 bridgehead atoms. The number of phenols is 2. The van der Waals surface area contributed by atoms with Crippen LogP contribution < -0.4 is 5.32 Å². The van der Waals surface area contributed by atoms with E-state index in [9.17, 15) is 10.2 Å². The monoisotopic (exact) mass is 286 g/mol. The Bertz CT molecular complexity index is 597. The molecule has 0 saturated carbocycles. The van der Waals surface area contributed by atoms with E-state index in [0.717, 1.165) is 13.1 Å². The lowest BCUT2D eigenvalue weighted by molar-refractivity contribution is 0.396. The Morgan fingerprint density at radius 3 is 2.19 bits per heavy atom. The molecule has 2 aromatic carbocycles. The van der Waals surface area contributed by atoms with Gasteiger partial charge in [-0.2, -0.15) is 0 Å². The third kappa shape index (κ3) is 4.21. The average molecular weight is 286 g/mol. The van der Waals surface area contributed by atoms with Gasteiger partial charge in [-0.3, -0.25) is 0 Å². The van der Waals surface area contributed by atoms with Gasteiger partial charge in [-0.15, -0.1) is 0 Å². The molecule has 2 aromatic rings. The fourth-order valence-electron chi connectivity index (χ4n) is 2.28. The van der Waals surface area contributed by atoms with E-state index in [1.54, 1.807) is 12.1 Å². The number of hydrogen-bond donors (Lipinski definition) is 3. The summed E-state index contributed by atoms with van der Waals surface area (Å²) in [4.78, 5) is 2.14. The second-order valence-corrected chi connectivity index (χ2v) is 5.39. The summed E-state index contributed by atoms with van der Waals surface area (Å²) in [5.74, 6) is -0.131. The summed E-state index contributed by atoms with van der Waals surface area (Å²) in [6.07, 6.45) is 0. The molecule has 0 aliphatic rings. The van der Waals surface area contributed by atoms with Crippen molar-refractivity contribution < 1.29 is 10.2 Å². The second kappa shape index (κ2) is 7.11. The molecule has 21 heavy (non-hydrogen) atoms. The van der Waals surface area contributed by atoms with E-state index in [1.165, 1.54) is 17.2 Å². The molecule has 0 aliphatic heterocycles. The minimum Gasteiger partial charge on any atom is -0.504 e. The van der Waals surface area contributed by atoms with E-state index in [-0.39, 0.29) is 11.5 Å². The van der Waals surface area contributed by atoms with Gasteiger partial charge in [-0.25, -0.2) is 0 Å². The number of benzene rings is 2. The lowest BCUT2D eigenvalue weighted by Gasteiger charge is -2.15. The molecule has 0 fully saturated rings. The Morgan fingerprint density at radius 2 is 1.48 bits per heavy atom. The van der Waals surface area contributed by atoms with Crippen LogP contribution in [0.5, 0.6) is 11.5 Å². The largest absolute Gasteiger partial charge is 0.504 e. The summed E-state index contributed by atoms with van der Waals surface area (Å²) >= 11 is 0. The van der Waals surface area contributed by atoms with Crippen LogP contribution in [-0.2, 0) is 19.6 Å². The Balaban J connectivity index is 1.99. The predicted octanol–water partition coefficient (Wildman–Crippen LogP) is 2.45. The Labute approximate surface area is 125 Å². The number of nitrogens with zero attached hydrogens (tertiary/aromatic N) is 1. The minimum atomic E-state index is -0.0812. The van der Waals surface area contributed by atoms with Crippen LogP contribution in [0.1, 0.15) is 16.7 Å². The highest BCUT2D eigenvalue weighted by Gasteiger charge is 2.06. The van der Waals surface area contributed by atoms with Crippen LogP contribution in [0.25, 0.3) is 0 Å². The number of nitrogens with one attached hydrogen (secondary N) is 1. The number of aromatic hydroxyl groups is 2. The third-order valence-electron chi connectivity index (χ3n) is 3.33. The van der Waals surface area contributed by atoms with Crippen molar-refractivity contribution in [2.45, 2.75) is 19.6 Å². The van der Waals surface area contributed by atoms with Crippen LogP contribution in [0.15, 0.2) is 42.5 Å². The molecule has 0 amide bonds. The Morgan fingerprint density at radius 1 is 0.857 bits per heavy atom. The van der Waals surface area contributed by atoms with Crippen molar-refractivity contribution in [3.05, 3.63) is 59.2 Å². The number of hydrogen-bond acceptors (Lipinski definition) is 4. The highest BCUT2D eigenvalue weighted by molar-refractivity contribution is 5.44. The van der Waals surface area contributed by atoms with Gasteiger partial charge in [0.2, 0.25) is 0 Å². The maximum atomic E-state index is 9.77. The van der Waals surface area contributed by atoms with Crippen LogP contribution >= 0.6 is 0 Å². The molecule has 0 unspecified atom stereocenters. The lowest BCUT2D eigenvalue weighted by atomic mass is 10.1. The highest BCUT2D eigenvalue weighted by Crippen LogP contribution is 2.27. The summed E-state index contributed by atoms with van der Waals surface area (Å²) < 4.78 is 0. The first-order valence-electron chi connectivity index (χ1n) is 7.00. The summed E-state index contributed by atoms with van der Waals surface area (Å²) in [6, 6.07) is 13.3. The zero-order valence-corrected chi connectivity index (χ0v) is 12.5. The van der Waals surface area contributed by atoms with Gasteiger partial charge in [0.15, 0.2) is 11.5 Å². The molecule has 0 aromatic heterocycles. The van der Waals surface area contributed by atoms with Crippen molar-refractivity contribution >= 4 is 0 Å². The maximum absolute atomic E-state index is 9.77. The van der Waals surface area contributed by atoms with E-state index >= 15 is 0 Å². The molecular weight excluding hydrogens is 264 g/mol. The molecule has 0 radical (unpaired) electrons. The number of phenolic OH excluding ortho intramolecular Hbond substituents is 2. The van der Waals surface area contributed by atoms with Gasteiger partial charge < -0.3 is 20.4 Å².